The van der Waals surface area contributed by atoms with E-state index in [1.54, 1.807) is 0 Å². The van der Waals surface area contributed by atoms with Crippen LogP contribution in [0, 0.1) is 0 Å². The van der Waals surface area contributed by atoms with E-state index in [1.165, 1.54) is 13.8 Å². The van der Waals surface area contributed by atoms with Crippen molar-refractivity contribution < 1.29 is 9.59 Å². The molecular formula is C10H19NO2. The van der Waals surface area contributed by atoms with Crippen molar-refractivity contribution in [1.82, 2.24) is 5.32 Å². The van der Waals surface area contributed by atoms with E-state index in [4.69, 9.17) is 0 Å². The van der Waals surface area contributed by atoms with Crippen LogP contribution in [0.2, 0.25) is 0 Å². The van der Waals surface area contributed by atoms with Crippen LogP contribution in [0.5, 0.6) is 0 Å². The minimum Gasteiger partial charge on any atom is -0.347 e. The lowest BCUT2D eigenvalue weighted by molar-refractivity contribution is -0.125. The van der Waals surface area contributed by atoms with E-state index in [-0.39, 0.29) is 17.7 Å². The number of ketones is 1. The lowest BCUT2D eigenvalue weighted by Crippen LogP contribution is -2.38. The second-order valence-corrected chi connectivity index (χ2v) is 3.36. The highest BCUT2D eigenvalue weighted by Gasteiger charge is 2.13. The molecule has 0 aliphatic rings. The Labute approximate surface area is 79.9 Å². The van der Waals surface area contributed by atoms with Crippen LogP contribution in [-0.4, -0.2) is 17.7 Å². The Morgan fingerprint density at radius 3 is 2.23 bits per heavy atom. The normalized spacial score (nSPS) is 12.2. The fourth-order valence-corrected chi connectivity index (χ4v) is 1.22. The molecule has 0 rings (SSSR count). The first-order valence-electron chi connectivity index (χ1n) is 4.85. The zero-order valence-electron chi connectivity index (χ0n) is 8.72. The maximum Gasteiger partial charge on any atom is 0.217 e. The molecular weight excluding hydrogens is 166 g/mol. The van der Waals surface area contributed by atoms with Crippen LogP contribution in [-0.2, 0) is 9.59 Å². The van der Waals surface area contributed by atoms with Crippen LogP contribution in [0.1, 0.15) is 46.5 Å². The molecule has 0 fully saturated rings. The summed E-state index contributed by atoms with van der Waals surface area (Å²) in [5.74, 6) is -0.0806. The molecule has 3 nitrogen and oxygen atoms in total. The Balaban J connectivity index is 3.81. The Morgan fingerprint density at radius 1 is 1.23 bits per heavy atom. The molecule has 0 spiro atoms. The number of carbonyl (C=O) groups excluding carboxylic acids is 2. The van der Waals surface area contributed by atoms with Gasteiger partial charge in [0.05, 0.1) is 6.04 Å². The SMILES string of the molecule is CCCCC[C@@H](NC(C)=O)C(C)=O. The molecule has 0 aromatic heterocycles. The average Bonchev–Trinajstić information content (AvgIpc) is 2.02. The number of rotatable bonds is 6. The predicted octanol–water partition coefficient (Wildman–Crippen LogP) is 1.66. The molecule has 0 aliphatic heterocycles. The Bertz CT molecular complexity index is 178. The van der Waals surface area contributed by atoms with Crippen LogP contribution >= 0.6 is 0 Å². The third kappa shape index (κ3) is 6.31. The maximum atomic E-state index is 11.1. The number of carbonyl (C=O) groups is 2. The van der Waals surface area contributed by atoms with E-state index in [2.05, 4.69) is 12.2 Å². The fourth-order valence-electron chi connectivity index (χ4n) is 1.22. The van der Waals surface area contributed by atoms with Gasteiger partial charge >= 0.3 is 0 Å². The number of unbranched alkanes of at least 4 members (excludes halogenated alkanes) is 2. The van der Waals surface area contributed by atoms with Crippen molar-refractivity contribution in [3.63, 3.8) is 0 Å². The summed E-state index contributed by atoms with van der Waals surface area (Å²) in [4.78, 5) is 21.8. The zero-order valence-corrected chi connectivity index (χ0v) is 8.72. The average molecular weight is 185 g/mol. The number of Topliss-reactive ketones (excluding diaryl/α,β-unsaturated/α-hetero) is 1. The van der Waals surface area contributed by atoms with Crippen molar-refractivity contribution in [2.75, 3.05) is 0 Å². The molecule has 1 amide bonds. The van der Waals surface area contributed by atoms with Gasteiger partial charge in [-0.15, -0.1) is 0 Å². The molecule has 0 radical (unpaired) electrons. The zero-order chi connectivity index (χ0) is 10.3. The molecule has 13 heavy (non-hydrogen) atoms. The van der Waals surface area contributed by atoms with E-state index in [0.29, 0.717) is 0 Å². The van der Waals surface area contributed by atoms with Crippen LogP contribution in [0.25, 0.3) is 0 Å². The molecule has 1 atom stereocenters. The fraction of sp³-hybridized carbons (Fsp3) is 0.800. The van der Waals surface area contributed by atoms with Gasteiger partial charge in [0.1, 0.15) is 0 Å². The number of nitrogens with one attached hydrogen (secondary N) is 1. The second kappa shape index (κ2) is 6.63. The second-order valence-electron chi connectivity index (χ2n) is 3.36. The van der Waals surface area contributed by atoms with E-state index in [9.17, 15) is 9.59 Å². The monoisotopic (exact) mass is 185 g/mol. The predicted molar refractivity (Wildman–Crippen MR) is 52.4 cm³/mol. The van der Waals surface area contributed by atoms with Gasteiger partial charge in [-0.2, -0.15) is 0 Å². The van der Waals surface area contributed by atoms with Gasteiger partial charge in [-0.3, -0.25) is 9.59 Å². The lowest BCUT2D eigenvalue weighted by Gasteiger charge is -2.13. The summed E-state index contributed by atoms with van der Waals surface area (Å²) in [6.07, 6.45) is 4.01. The van der Waals surface area contributed by atoms with Crippen LogP contribution in [0.3, 0.4) is 0 Å². The molecule has 3 heteroatoms. The smallest absolute Gasteiger partial charge is 0.217 e. The number of amides is 1. The molecule has 0 aliphatic carbocycles. The standard InChI is InChI=1S/C10H19NO2/c1-4-5-6-7-10(8(2)12)11-9(3)13/h10H,4-7H2,1-3H3,(H,11,13)/t10-/m1/s1. The molecule has 76 valence electrons. The van der Waals surface area contributed by atoms with Gasteiger partial charge in [-0.05, 0) is 13.3 Å². The first kappa shape index (κ1) is 12.1. The maximum absolute atomic E-state index is 11.1. The summed E-state index contributed by atoms with van der Waals surface area (Å²) < 4.78 is 0. The van der Waals surface area contributed by atoms with Crippen molar-refractivity contribution >= 4 is 11.7 Å². The van der Waals surface area contributed by atoms with Crippen LogP contribution in [0.15, 0.2) is 0 Å². The summed E-state index contributed by atoms with van der Waals surface area (Å²) in [6.45, 7) is 5.07. The highest BCUT2D eigenvalue weighted by molar-refractivity contribution is 5.86. The van der Waals surface area contributed by atoms with Gasteiger partial charge in [-0.1, -0.05) is 26.2 Å². The summed E-state index contributed by atoms with van der Waals surface area (Å²) in [7, 11) is 0. The molecule has 1 N–H and O–H groups in total. The van der Waals surface area contributed by atoms with Crippen molar-refractivity contribution in [2.24, 2.45) is 0 Å². The number of hydrogen-bond acceptors (Lipinski definition) is 2. The van der Waals surface area contributed by atoms with Crippen LogP contribution in [0.4, 0.5) is 0 Å². The first-order valence-corrected chi connectivity index (χ1v) is 4.85. The third-order valence-electron chi connectivity index (χ3n) is 1.96. The Kier molecular flexibility index (Phi) is 6.20. The van der Waals surface area contributed by atoms with Crippen molar-refractivity contribution in [2.45, 2.75) is 52.5 Å². The summed E-state index contributed by atoms with van der Waals surface area (Å²) in [6, 6.07) is -0.274. The minimum atomic E-state index is -0.274. The van der Waals surface area contributed by atoms with E-state index in [1.807, 2.05) is 0 Å². The van der Waals surface area contributed by atoms with E-state index < -0.39 is 0 Å². The summed E-state index contributed by atoms with van der Waals surface area (Å²) >= 11 is 0. The summed E-state index contributed by atoms with van der Waals surface area (Å²) in [5, 5.41) is 2.65. The van der Waals surface area contributed by atoms with Gasteiger partial charge < -0.3 is 5.32 Å². The Hall–Kier alpha value is -0.860. The molecule has 0 heterocycles. The Morgan fingerprint density at radius 2 is 1.85 bits per heavy atom. The van der Waals surface area contributed by atoms with Gasteiger partial charge in [0.25, 0.3) is 0 Å². The van der Waals surface area contributed by atoms with Gasteiger partial charge in [0, 0.05) is 6.92 Å². The molecule has 0 unspecified atom stereocenters. The highest BCUT2D eigenvalue weighted by atomic mass is 16.2. The lowest BCUT2D eigenvalue weighted by atomic mass is 10.1. The molecule has 0 bridgehead atoms. The van der Waals surface area contributed by atoms with Crippen molar-refractivity contribution in [1.29, 1.82) is 0 Å². The molecule has 0 aromatic rings. The first-order chi connectivity index (χ1) is 6.07. The van der Waals surface area contributed by atoms with E-state index >= 15 is 0 Å². The topological polar surface area (TPSA) is 46.2 Å². The third-order valence-corrected chi connectivity index (χ3v) is 1.96. The quantitative estimate of drug-likeness (QED) is 0.640. The van der Waals surface area contributed by atoms with Gasteiger partial charge in [0.2, 0.25) is 5.91 Å². The summed E-state index contributed by atoms with van der Waals surface area (Å²) in [5.41, 5.74) is 0. The van der Waals surface area contributed by atoms with Crippen LogP contribution < -0.4 is 5.32 Å². The van der Waals surface area contributed by atoms with Crippen molar-refractivity contribution in [3.05, 3.63) is 0 Å². The number of hydrogen-bond donors (Lipinski definition) is 1. The van der Waals surface area contributed by atoms with Crippen molar-refractivity contribution in [3.8, 4) is 0 Å². The molecule has 0 saturated heterocycles. The highest BCUT2D eigenvalue weighted by Crippen LogP contribution is 2.04. The van der Waals surface area contributed by atoms with Gasteiger partial charge in [-0.25, -0.2) is 0 Å². The molecule has 0 saturated carbocycles. The largest absolute Gasteiger partial charge is 0.347 e. The minimum absolute atomic E-state index is 0.0475. The van der Waals surface area contributed by atoms with Gasteiger partial charge in [0.15, 0.2) is 5.78 Å². The van der Waals surface area contributed by atoms with E-state index in [0.717, 1.165) is 25.7 Å². The molecule has 0 aromatic carbocycles.